The van der Waals surface area contributed by atoms with Crippen molar-refractivity contribution in [1.82, 2.24) is 5.32 Å². The van der Waals surface area contributed by atoms with Crippen LogP contribution in [0.4, 0.5) is 5.69 Å². The van der Waals surface area contributed by atoms with Gasteiger partial charge in [-0.1, -0.05) is 18.2 Å². The molecule has 2 rings (SSSR count). The molecule has 4 nitrogen and oxygen atoms in total. The molecule has 0 spiro atoms. The van der Waals surface area contributed by atoms with Gasteiger partial charge in [0.2, 0.25) is 0 Å². The van der Waals surface area contributed by atoms with Crippen LogP contribution < -0.4 is 15.8 Å². The van der Waals surface area contributed by atoms with E-state index in [1.54, 1.807) is 19.2 Å². The number of nitrogens with one attached hydrogen (secondary N) is 1. The zero-order valence-electron chi connectivity index (χ0n) is 12.3. The molecule has 0 heterocycles. The summed E-state index contributed by atoms with van der Waals surface area (Å²) in [4.78, 5) is 12.1. The Morgan fingerprint density at radius 2 is 1.90 bits per heavy atom. The molecule has 0 aliphatic rings. The number of carbonyl (C=O) groups excluding carboxylic acids is 1. The molecule has 0 unspecified atom stereocenters. The van der Waals surface area contributed by atoms with Crippen LogP contribution in [0.25, 0.3) is 0 Å². The highest BCUT2D eigenvalue weighted by molar-refractivity contribution is 5.94. The van der Waals surface area contributed by atoms with Crippen molar-refractivity contribution >= 4 is 11.6 Å². The second-order valence-corrected chi connectivity index (χ2v) is 4.93. The Morgan fingerprint density at radius 3 is 2.57 bits per heavy atom. The van der Waals surface area contributed by atoms with Crippen molar-refractivity contribution in [3.63, 3.8) is 0 Å². The fourth-order valence-corrected chi connectivity index (χ4v) is 2.07. The van der Waals surface area contributed by atoms with Gasteiger partial charge in [0.05, 0.1) is 7.11 Å². The molecule has 0 fully saturated rings. The lowest BCUT2D eigenvalue weighted by atomic mass is 10.1. The molecule has 0 aliphatic carbocycles. The largest absolute Gasteiger partial charge is 0.496 e. The van der Waals surface area contributed by atoms with Crippen molar-refractivity contribution in [3.05, 3.63) is 59.2 Å². The molecule has 0 bridgehead atoms. The molecule has 0 atom stereocenters. The van der Waals surface area contributed by atoms with Gasteiger partial charge in [-0.2, -0.15) is 0 Å². The Labute approximate surface area is 124 Å². The Kier molecular flexibility index (Phi) is 4.82. The molecular formula is C17H20N2O2. The summed E-state index contributed by atoms with van der Waals surface area (Å²) in [5.74, 6) is 0.630. The fourth-order valence-electron chi connectivity index (χ4n) is 2.07. The minimum atomic E-state index is -0.0938. The number of nitrogens with two attached hydrogens (primary N) is 1. The number of benzene rings is 2. The molecule has 0 saturated carbocycles. The van der Waals surface area contributed by atoms with E-state index in [4.69, 9.17) is 10.5 Å². The van der Waals surface area contributed by atoms with E-state index in [0.717, 1.165) is 29.0 Å². The van der Waals surface area contributed by atoms with Gasteiger partial charge in [0.15, 0.2) is 0 Å². The first-order chi connectivity index (χ1) is 10.1. The fraction of sp³-hybridized carbons (Fsp3) is 0.235. The third-order valence-electron chi connectivity index (χ3n) is 3.35. The van der Waals surface area contributed by atoms with E-state index >= 15 is 0 Å². The van der Waals surface area contributed by atoms with Crippen LogP contribution in [-0.2, 0) is 6.42 Å². The lowest BCUT2D eigenvalue weighted by Gasteiger charge is -2.09. The lowest BCUT2D eigenvalue weighted by molar-refractivity contribution is 0.0954. The van der Waals surface area contributed by atoms with Gasteiger partial charge in [-0.25, -0.2) is 0 Å². The van der Waals surface area contributed by atoms with Crippen LogP contribution in [0.1, 0.15) is 21.5 Å². The monoisotopic (exact) mass is 284 g/mol. The highest BCUT2D eigenvalue weighted by Crippen LogP contribution is 2.18. The number of anilines is 1. The van der Waals surface area contributed by atoms with Gasteiger partial charge in [-0.05, 0) is 48.7 Å². The van der Waals surface area contributed by atoms with Crippen molar-refractivity contribution in [1.29, 1.82) is 0 Å². The van der Waals surface area contributed by atoms with E-state index < -0.39 is 0 Å². The third kappa shape index (κ3) is 3.99. The van der Waals surface area contributed by atoms with E-state index in [9.17, 15) is 4.79 Å². The summed E-state index contributed by atoms with van der Waals surface area (Å²) in [5.41, 5.74) is 9.14. The number of hydrogen-bond donors (Lipinski definition) is 2. The number of methoxy groups -OCH3 is 1. The summed E-state index contributed by atoms with van der Waals surface area (Å²) in [5, 5.41) is 2.91. The Balaban J connectivity index is 1.91. The number of amides is 1. The summed E-state index contributed by atoms with van der Waals surface area (Å²) in [7, 11) is 1.60. The summed E-state index contributed by atoms with van der Waals surface area (Å²) < 4.78 is 5.23. The highest BCUT2D eigenvalue weighted by atomic mass is 16.5. The predicted molar refractivity (Wildman–Crippen MR) is 84.6 cm³/mol. The normalized spacial score (nSPS) is 10.2. The number of carbonyl (C=O) groups is 1. The van der Waals surface area contributed by atoms with Gasteiger partial charge in [-0.3, -0.25) is 4.79 Å². The Morgan fingerprint density at radius 1 is 1.19 bits per heavy atom. The average molecular weight is 284 g/mol. The molecule has 4 heteroatoms. The van der Waals surface area contributed by atoms with Crippen molar-refractivity contribution in [2.24, 2.45) is 0 Å². The SMILES string of the molecule is COc1cc(C(=O)NCCc2ccc(N)cc2)ccc1C. The Bertz CT molecular complexity index is 621. The quantitative estimate of drug-likeness (QED) is 0.829. The second kappa shape index (κ2) is 6.79. The van der Waals surface area contributed by atoms with Gasteiger partial charge in [0.25, 0.3) is 5.91 Å². The number of ether oxygens (including phenoxy) is 1. The van der Waals surface area contributed by atoms with Crippen LogP contribution in [0.2, 0.25) is 0 Å². The molecule has 2 aromatic carbocycles. The molecular weight excluding hydrogens is 264 g/mol. The van der Waals surface area contributed by atoms with Gasteiger partial charge in [0.1, 0.15) is 5.75 Å². The average Bonchev–Trinajstić information content (AvgIpc) is 2.49. The highest BCUT2D eigenvalue weighted by Gasteiger charge is 2.07. The van der Waals surface area contributed by atoms with Crippen LogP contribution in [0, 0.1) is 6.92 Å². The summed E-state index contributed by atoms with van der Waals surface area (Å²) in [6.45, 7) is 2.53. The summed E-state index contributed by atoms with van der Waals surface area (Å²) in [6.07, 6.45) is 0.773. The van der Waals surface area contributed by atoms with Gasteiger partial charge in [-0.15, -0.1) is 0 Å². The number of hydrogen-bond acceptors (Lipinski definition) is 3. The molecule has 0 radical (unpaired) electrons. The first kappa shape index (κ1) is 14.9. The van der Waals surface area contributed by atoms with Gasteiger partial charge in [0, 0.05) is 17.8 Å². The van der Waals surface area contributed by atoms with E-state index in [-0.39, 0.29) is 5.91 Å². The maximum absolute atomic E-state index is 12.1. The molecule has 21 heavy (non-hydrogen) atoms. The van der Waals surface area contributed by atoms with Crippen LogP contribution in [0.3, 0.4) is 0 Å². The number of aryl methyl sites for hydroxylation is 1. The molecule has 3 N–H and O–H groups in total. The van der Waals surface area contributed by atoms with Crippen LogP contribution in [0.5, 0.6) is 5.75 Å². The smallest absolute Gasteiger partial charge is 0.251 e. The Hall–Kier alpha value is -2.49. The topological polar surface area (TPSA) is 64.3 Å². The minimum Gasteiger partial charge on any atom is -0.496 e. The van der Waals surface area contributed by atoms with E-state index in [2.05, 4.69) is 5.32 Å². The molecule has 110 valence electrons. The van der Waals surface area contributed by atoms with Crippen molar-refractivity contribution < 1.29 is 9.53 Å². The van der Waals surface area contributed by atoms with Crippen LogP contribution >= 0.6 is 0 Å². The minimum absolute atomic E-state index is 0.0938. The maximum Gasteiger partial charge on any atom is 0.251 e. The summed E-state index contributed by atoms with van der Waals surface area (Å²) >= 11 is 0. The second-order valence-electron chi connectivity index (χ2n) is 4.93. The van der Waals surface area contributed by atoms with Crippen LogP contribution in [0.15, 0.2) is 42.5 Å². The molecule has 0 aliphatic heterocycles. The first-order valence-corrected chi connectivity index (χ1v) is 6.87. The van der Waals surface area contributed by atoms with E-state index in [1.165, 1.54) is 0 Å². The van der Waals surface area contributed by atoms with Gasteiger partial charge >= 0.3 is 0 Å². The number of nitrogen functional groups attached to an aromatic ring is 1. The first-order valence-electron chi connectivity index (χ1n) is 6.87. The van der Waals surface area contributed by atoms with Crippen molar-refractivity contribution in [3.8, 4) is 5.75 Å². The molecule has 0 aromatic heterocycles. The zero-order valence-corrected chi connectivity index (χ0v) is 12.3. The van der Waals surface area contributed by atoms with E-state index in [0.29, 0.717) is 12.1 Å². The van der Waals surface area contributed by atoms with Crippen LogP contribution in [-0.4, -0.2) is 19.6 Å². The third-order valence-corrected chi connectivity index (χ3v) is 3.35. The molecule has 0 saturated heterocycles. The predicted octanol–water partition coefficient (Wildman–Crippen LogP) is 2.56. The van der Waals surface area contributed by atoms with Crippen molar-refractivity contribution in [2.45, 2.75) is 13.3 Å². The lowest BCUT2D eigenvalue weighted by Crippen LogP contribution is -2.25. The molecule has 1 amide bonds. The molecule has 2 aromatic rings. The van der Waals surface area contributed by atoms with E-state index in [1.807, 2.05) is 37.3 Å². The summed E-state index contributed by atoms with van der Waals surface area (Å²) in [6, 6.07) is 13.1. The zero-order chi connectivity index (χ0) is 15.2. The van der Waals surface area contributed by atoms with Gasteiger partial charge < -0.3 is 15.8 Å². The van der Waals surface area contributed by atoms with Crippen molar-refractivity contribution in [2.75, 3.05) is 19.4 Å². The standard InChI is InChI=1S/C17H20N2O2/c1-12-3-6-14(11-16(12)21-2)17(20)19-10-9-13-4-7-15(18)8-5-13/h3-8,11H,9-10,18H2,1-2H3,(H,19,20). The number of rotatable bonds is 5. The maximum atomic E-state index is 12.1.